The quantitative estimate of drug-likeness (QED) is 0.724. The van der Waals surface area contributed by atoms with Crippen molar-refractivity contribution in [1.82, 2.24) is 15.3 Å². The Bertz CT molecular complexity index is 925. The van der Waals surface area contributed by atoms with Gasteiger partial charge in [-0.3, -0.25) is 4.79 Å². The first-order valence-corrected chi connectivity index (χ1v) is 12.7. The van der Waals surface area contributed by atoms with Crippen LogP contribution in [0.2, 0.25) is 0 Å². The molecule has 0 radical (unpaired) electrons. The summed E-state index contributed by atoms with van der Waals surface area (Å²) >= 11 is 0. The highest BCUT2D eigenvalue weighted by Gasteiger charge is 2.55. The van der Waals surface area contributed by atoms with E-state index in [1.807, 2.05) is 0 Å². The second kappa shape index (κ2) is 6.74. The number of carbonyl (C=O) groups is 1. The van der Waals surface area contributed by atoms with Crippen molar-refractivity contribution in [1.29, 1.82) is 0 Å². The van der Waals surface area contributed by atoms with Gasteiger partial charge in [0.15, 0.2) is 0 Å². The largest absolute Gasteiger partial charge is 0.390 e. The van der Waals surface area contributed by atoms with Crippen molar-refractivity contribution in [3.05, 3.63) is 17.5 Å². The van der Waals surface area contributed by atoms with E-state index in [1.165, 1.54) is 6.20 Å². The van der Waals surface area contributed by atoms with Gasteiger partial charge in [0.2, 0.25) is 15.0 Å². The molecule has 1 heterocycles. The summed E-state index contributed by atoms with van der Waals surface area (Å²) in [6.07, 6.45) is 11.1. The molecule has 5 saturated carbocycles. The molecule has 158 valence electrons. The molecule has 1 amide bonds. The highest BCUT2D eigenvalue weighted by molar-refractivity contribution is 7.90. The van der Waals surface area contributed by atoms with E-state index in [0.29, 0.717) is 29.0 Å². The third-order valence-electron chi connectivity index (χ3n) is 7.65. The molecule has 7 nitrogen and oxygen atoms in total. The molecule has 2 unspecified atom stereocenters. The Hall–Kier alpha value is -1.54. The standard InChI is InChI=1S/C21H29N3O4S/c1-29(27,28)20-22-11-16(18(24-20)13-4-2-3-5-13)19(25)23-17-14-6-12-7-15(17)10-21(26,8-12)9-14/h11-15,17,26H,2-10H2,1H3,(H,23,25). The van der Waals surface area contributed by atoms with Crippen LogP contribution in [0.1, 0.15) is 79.8 Å². The number of hydrogen-bond donors (Lipinski definition) is 2. The third-order valence-corrected chi connectivity index (χ3v) is 8.51. The smallest absolute Gasteiger partial charge is 0.254 e. The fourth-order valence-electron chi connectivity index (χ4n) is 6.69. The summed E-state index contributed by atoms with van der Waals surface area (Å²) in [5.74, 6) is 1.13. The van der Waals surface area contributed by atoms with Crippen LogP contribution >= 0.6 is 0 Å². The lowest BCUT2D eigenvalue weighted by atomic mass is 9.52. The Morgan fingerprint density at radius 2 is 1.83 bits per heavy atom. The minimum atomic E-state index is -3.53. The minimum absolute atomic E-state index is 0.0744. The number of nitrogens with zero attached hydrogens (tertiary/aromatic N) is 2. The molecule has 0 aromatic carbocycles. The average Bonchev–Trinajstić information content (AvgIpc) is 3.16. The molecule has 6 rings (SSSR count). The zero-order valence-electron chi connectivity index (χ0n) is 16.8. The molecule has 4 bridgehead atoms. The molecule has 5 fully saturated rings. The molecule has 29 heavy (non-hydrogen) atoms. The topological polar surface area (TPSA) is 109 Å². The van der Waals surface area contributed by atoms with Crippen molar-refractivity contribution in [3.63, 3.8) is 0 Å². The van der Waals surface area contributed by atoms with Crippen molar-refractivity contribution < 1.29 is 18.3 Å². The SMILES string of the molecule is CS(=O)(=O)c1ncc(C(=O)NC2C3CC4CC2CC(O)(C4)C3)c(C2CCCC2)n1. The van der Waals surface area contributed by atoms with E-state index in [4.69, 9.17) is 0 Å². The first-order valence-electron chi connectivity index (χ1n) is 10.8. The Kier molecular flexibility index (Phi) is 4.51. The molecular weight excluding hydrogens is 390 g/mol. The highest BCUT2D eigenvalue weighted by Crippen LogP contribution is 2.55. The molecular formula is C21H29N3O4S. The van der Waals surface area contributed by atoms with Crippen LogP contribution in [0.15, 0.2) is 11.4 Å². The third kappa shape index (κ3) is 3.48. The number of rotatable bonds is 4. The summed E-state index contributed by atoms with van der Waals surface area (Å²) in [6, 6.07) is 0.0744. The van der Waals surface area contributed by atoms with Gasteiger partial charge >= 0.3 is 0 Å². The molecule has 8 heteroatoms. The van der Waals surface area contributed by atoms with E-state index in [2.05, 4.69) is 15.3 Å². The Morgan fingerprint density at radius 3 is 2.41 bits per heavy atom. The number of carbonyl (C=O) groups excluding carboxylic acids is 1. The van der Waals surface area contributed by atoms with Crippen LogP contribution in [0.25, 0.3) is 0 Å². The predicted octanol–water partition coefficient (Wildman–Crippen LogP) is 2.21. The fourth-order valence-corrected chi connectivity index (χ4v) is 7.20. The second-order valence-corrected chi connectivity index (χ2v) is 11.8. The van der Waals surface area contributed by atoms with Crippen LogP contribution in [0, 0.1) is 17.8 Å². The van der Waals surface area contributed by atoms with E-state index in [1.54, 1.807) is 0 Å². The maximum Gasteiger partial charge on any atom is 0.254 e. The number of aliphatic hydroxyl groups is 1. The molecule has 0 saturated heterocycles. The van der Waals surface area contributed by atoms with Gasteiger partial charge in [0.1, 0.15) is 0 Å². The molecule has 5 aliphatic carbocycles. The van der Waals surface area contributed by atoms with Gasteiger partial charge in [-0.05, 0) is 62.7 Å². The Morgan fingerprint density at radius 1 is 1.17 bits per heavy atom. The molecule has 1 aromatic heterocycles. The minimum Gasteiger partial charge on any atom is -0.390 e. The summed E-state index contributed by atoms with van der Waals surface area (Å²) in [7, 11) is -3.53. The molecule has 2 N–H and O–H groups in total. The van der Waals surface area contributed by atoms with Crippen molar-refractivity contribution in [3.8, 4) is 0 Å². The summed E-state index contributed by atoms with van der Waals surface area (Å²) in [5, 5.41) is 13.8. The maximum absolute atomic E-state index is 13.3. The van der Waals surface area contributed by atoms with Crippen LogP contribution in [0.4, 0.5) is 0 Å². The summed E-state index contributed by atoms with van der Waals surface area (Å²) in [4.78, 5) is 21.6. The van der Waals surface area contributed by atoms with Crippen LogP contribution in [0.3, 0.4) is 0 Å². The number of nitrogens with one attached hydrogen (secondary N) is 1. The highest BCUT2D eigenvalue weighted by atomic mass is 32.2. The van der Waals surface area contributed by atoms with E-state index < -0.39 is 15.4 Å². The zero-order chi connectivity index (χ0) is 20.4. The van der Waals surface area contributed by atoms with Crippen molar-refractivity contribution in [2.45, 2.75) is 80.5 Å². The van der Waals surface area contributed by atoms with Gasteiger partial charge in [-0.1, -0.05) is 12.8 Å². The number of hydrogen-bond acceptors (Lipinski definition) is 6. The lowest BCUT2D eigenvalue weighted by molar-refractivity contribution is -0.136. The monoisotopic (exact) mass is 419 g/mol. The Balaban J connectivity index is 1.42. The molecule has 2 atom stereocenters. The lowest BCUT2D eigenvalue weighted by Gasteiger charge is -2.58. The summed E-state index contributed by atoms with van der Waals surface area (Å²) in [6.45, 7) is 0. The van der Waals surface area contributed by atoms with Gasteiger partial charge in [0, 0.05) is 24.4 Å². The fraction of sp³-hybridized carbons (Fsp3) is 0.762. The van der Waals surface area contributed by atoms with Gasteiger partial charge < -0.3 is 10.4 Å². The first kappa shape index (κ1) is 19.4. The first-order chi connectivity index (χ1) is 13.7. The summed E-state index contributed by atoms with van der Waals surface area (Å²) < 4.78 is 23.9. The van der Waals surface area contributed by atoms with Gasteiger partial charge in [0.25, 0.3) is 5.91 Å². The van der Waals surface area contributed by atoms with E-state index in [-0.39, 0.29) is 23.0 Å². The van der Waals surface area contributed by atoms with E-state index in [9.17, 15) is 18.3 Å². The Labute approximate surface area is 171 Å². The molecule has 0 spiro atoms. The van der Waals surface area contributed by atoms with Crippen molar-refractivity contribution in [2.24, 2.45) is 17.8 Å². The van der Waals surface area contributed by atoms with Crippen LogP contribution in [-0.4, -0.2) is 47.3 Å². The normalized spacial score (nSPS) is 36.5. The van der Waals surface area contributed by atoms with Crippen LogP contribution in [-0.2, 0) is 9.84 Å². The average molecular weight is 420 g/mol. The van der Waals surface area contributed by atoms with Crippen molar-refractivity contribution >= 4 is 15.7 Å². The van der Waals surface area contributed by atoms with E-state index in [0.717, 1.165) is 64.0 Å². The van der Waals surface area contributed by atoms with Gasteiger partial charge in [0.05, 0.1) is 16.9 Å². The zero-order valence-corrected chi connectivity index (χ0v) is 17.6. The van der Waals surface area contributed by atoms with Crippen molar-refractivity contribution in [2.75, 3.05) is 6.26 Å². The molecule has 5 aliphatic rings. The number of sulfone groups is 1. The summed E-state index contributed by atoms with van der Waals surface area (Å²) in [5.41, 5.74) is 0.460. The molecule has 0 aliphatic heterocycles. The molecule has 1 aromatic rings. The maximum atomic E-state index is 13.3. The predicted molar refractivity (Wildman–Crippen MR) is 106 cm³/mol. The van der Waals surface area contributed by atoms with Gasteiger partial charge in [-0.2, -0.15) is 0 Å². The van der Waals surface area contributed by atoms with Crippen LogP contribution in [0.5, 0.6) is 0 Å². The second-order valence-electron chi connectivity index (χ2n) is 9.90. The number of amides is 1. The number of aromatic nitrogens is 2. The van der Waals surface area contributed by atoms with Gasteiger partial charge in [-0.25, -0.2) is 18.4 Å². The van der Waals surface area contributed by atoms with Gasteiger partial charge in [-0.15, -0.1) is 0 Å². The van der Waals surface area contributed by atoms with Crippen LogP contribution < -0.4 is 5.32 Å². The van der Waals surface area contributed by atoms with E-state index >= 15 is 0 Å². The lowest BCUT2D eigenvalue weighted by Crippen LogP contribution is -2.61.